The van der Waals surface area contributed by atoms with Gasteiger partial charge in [0, 0.05) is 18.9 Å². The molecule has 19 heavy (non-hydrogen) atoms. The summed E-state index contributed by atoms with van der Waals surface area (Å²) in [7, 11) is 0. The molecular weight excluding hydrogens is 246 g/mol. The van der Waals surface area contributed by atoms with Gasteiger partial charge < -0.3 is 14.2 Å². The summed E-state index contributed by atoms with van der Waals surface area (Å²) >= 11 is 0. The van der Waals surface area contributed by atoms with E-state index < -0.39 is 0 Å². The predicted molar refractivity (Wildman–Crippen MR) is 69.3 cm³/mol. The molecular formula is C14H19NO4. The van der Waals surface area contributed by atoms with E-state index in [0.29, 0.717) is 24.7 Å². The third kappa shape index (κ3) is 4.21. The summed E-state index contributed by atoms with van der Waals surface area (Å²) in [4.78, 5) is 15.9. The van der Waals surface area contributed by atoms with Crippen molar-refractivity contribution in [3.63, 3.8) is 0 Å². The van der Waals surface area contributed by atoms with Gasteiger partial charge in [0.25, 0.3) is 0 Å². The molecule has 0 radical (unpaired) electrons. The van der Waals surface area contributed by atoms with Crippen molar-refractivity contribution >= 4 is 5.97 Å². The molecule has 0 aliphatic carbocycles. The molecule has 1 aromatic heterocycles. The Morgan fingerprint density at radius 1 is 1.53 bits per heavy atom. The Morgan fingerprint density at radius 2 is 2.42 bits per heavy atom. The maximum absolute atomic E-state index is 11.9. The van der Waals surface area contributed by atoms with E-state index in [1.54, 1.807) is 18.3 Å². The van der Waals surface area contributed by atoms with Crippen LogP contribution in [0.3, 0.4) is 0 Å². The minimum atomic E-state index is -0.363. The minimum absolute atomic E-state index is 0.0332. The van der Waals surface area contributed by atoms with Gasteiger partial charge in [-0.15, -0.1) is 0 Å². The maximum atomic E-state index is 11.9. The molecule has 2 rings (SSSR count). The third-order valence-electron chi connectivity index (χ3n) is 2.94. The van der Waals surface area contributed by atoms with Gasteiger partial charge in [0.1, 0.15) is 6.61 Å². The quantitative estimate of drug-likeness (QED) is 0.764. The van der Waals surface area contributed by atoms with Crippen molar-refractivity contribution in [3.8, 4) is 5.88 Å². The lowest BCUT2D eigenvalue weighted by Crippen LogP contribution is -2.25. The SMILES string of the molecule is CCOc1cc(C(=O)OCC2CCCCO2)ccn1. The Morgan fingerprint density at radius 3 is 3.16 bits per heavy atom. The van der Waals surface area contributed by atoms with E-state index in [1.165, 1.54) is 0 Å². The molecule has 0 spiro atoms. The predicted octanol–water partition coefficient (Wildman–Crippen LogP) is 2.21. The van der Waals surface area contributed by atoms with Crippen molar-refractivity contribution in [3.05, 3.63) is 23.9 Å². The first kappa shape index (κ1) is 13.8. The normalized spacial score (nSPS) is 18.9. The molecule has 1 aliphatic rings. The van der Waals surface area contributed by atoms with Gasteiger partial charge in [-0.3, -0.25) is 0 Å². The molecule has 0 saturated carbocycles. The zero-order valence-electron chi connectivity index (χ0n) is 11.1. The fourth-order valence-corrected chi connectivity index (χ4v) is 1.95. The molecule has 1 saturated heterocycles. The molecule has 0 bridgehead atoms. The van der Waals surface area contributed by atoms with Crippen LogP contribution in [0.4, 0.5) is 0 Å². The highest BCUT2D eigenvalue weighted by Crippen LogP contribution is 2.14. The lowest BCUT2D eigenvalue weighted by Gasteiger charge is -2.22. The van der Waals surface area contributed by atoms with Gasteiger partial charge in [0.2, 0.25) is 5.88 Å². The van der Waals surface area contributed by atoms with Crippen LogP contribution in [0.15, 0.2) is 18.3 Å². The second kappa shape index (κ2) is 7.09. The van der Waals surface area contributed by atoms with Crippen LogP contribution >= 0.6 is 0 Å². The molecule has 0 N–H and O–H groups in total. The van der Waals surface area contributed by atoms with Crippen molar-refractivity contribution in [2.75, 3.05) is 19.8 Å². The van der Waals surface area contributed by atoms with E-state index >= 15 is 0 Å². The molecule has 5 heteroatoms. The van der Waals surface area contributed by atoms with Crippen molar-refractivity contribution in [2.45, 2.75) is 32.3 Å². The molecule has 1 atom stereocenters. The first-order valence-electron chi connectivity index (χ1n) is 6.67. The number of rotatable bonds is 5. The van der Waals surface area contributed by atoms with Gasteiger partial charge in [0.05, 0.1) is 18.3 Å². The van der Waals surface area contributed by atoms with Crippen LogP contribution in [0.25, 0.3) is 0 Å². The Labute approximate surface area is 112 Å². The smallest absolute Gasteiger partial charge is 0.338 e. The first-order valence-corrected chi connectivity index (χ1v) is 6.67. The fraction of sp³-hybridized carbons (Fsp3) is 0.571. The third-order valence-corrected chi connectivity index (χ3v) is 2.94. The minimum Gasteiger partial charge on any atom is -0.478 e. The Bertz CT molecular complexity index is 416. The van der Waals surface area contributed by atoms with E-state index in [0.717, 1.165) is 25.9 Å². The molecule has 5 nitrogen and oxygen atoms in total. The van der Waals surface area contributed by atoms with Crippen molar-refractivity contribution < 1.29 is 19.0 Å². The zero-order valence-corrected chi connectivity index (χ0v) is 11.1. The number of pyridine rings is 1. The maximum Gasteiger partial charge on any atom is 0.338 e. The average molecular weight is 265 g/mol. The van der Waals surface area contributed by atoms with Crippen LogP contribution in [0.1, 0.15) is 36.5 Å². The molecule has 1 fully saturated rings. The highest BCUT2D eigenvalue weighted by atomic mass is 16.6. The lowest BCUT2D eigenvalue weighted by atomic mass is 10.1. The summed E-state index contributed by atoms with van der Waals surface area (Å²) in [6.07, 6.45) is 4.75. The molecule has 1 aromatic rings. The molecule has 1 unspecified atom stereocenters. The molecule has 2 heterocycles. The standard InChI is InChI=1S/C14H19NO4/c1-2-17-13-9-11(6-7-15-13)14(16)19-10-12-5-3-4-8-18-12/h6-7,9,12H,2-5,8,10H2,1H3. The zero-order chi connectivity index (χ0) is 13.5. The van der Waals surface area contributed by atoms with Crippen molar-refractivity contribution in [2.24, 2.45) is 0 Å². The van der Waals surface area contributed by atoms with Gasteiger partial charge in [-0.25, -0.2) is 9.78 Å². The second-order valence-corrected chi connectivity index (χ2v) is 4.40. The topological polar surface area (TPSA) is 57.7 Å². The molecule has 0 amide bonds. The monoisotopic (exact) mass is 265 g/mol. The lowest BCUT2D eigenvalue weighted by molar-refractivity contribution is -0.0300. The van der Waals surface area contributed by atoms with E-state index in [4.69, 9.17) is 14.2 Å². The largest absolute Gasteiger partial charge is 0.478 e. The second-order valence-electron chi connectivity index (χ2n) is 4.40. The van der Waals surface area contributed by atoms with Gasteiger partial charge in [0.15, 0.2) is 0 Å². The van der Waals surface area contributed by atoms with Gasteiger partial charge in [-0.1, -0.05) is 0 Å². The molecule has 104 valence electrons. The van der Waals surface area contributed by atoms with Gasteiger partial charge >= 0.3 is 5.97 Å². The number of carbonyl (C=O) groups excluding carboxylic acids is 1. The summed E-state index contributed by atoms with van der Waals surface area (Å²) in [6.45, 7) is 3.45. The number of hydrogen-bond acceptors (Lipinski definition) is 5. The summed E-state index contributed by atoms with van der Waals surface area (Å²) in [5, 5.41) is 0. The van der Waals surface area contributed by atoms with E-state index in [2.05, 4.69) is 4.98 Å². The summed E-state index contributed by atoms with van der Waals surface area (Å²) in [5.41, 5.74) is 0.453. The fourth-order valence-electron chi connectivity index (χ4n) is 1.95. The number of hydrogen-bond donors (Lipinski definition) is 0. The van der Waals surface area contributed by atoms with E-state index in [-0.39, 0.29) is 12.1 Å². The Hall–Kier alpha value is -1.62. The number of carbonyl (C=O) groups is 1. The Balaban J connectivity index is 1.86. The highest BCUT2D eigenvalue weighted by Gasteiger charge is 2.17. The first-order chi connectivity index (χ1) is 9.29. The highest BCUT2D eigenvalue weighted by molar-refractivity contribution is 5.89. The average Bonchev–Trinajstić information content (AvgIpc) is 2.46. The molecule has 1 aliphatic heterocycles. The number of nitrogens with zero attached hydrogens (tertiary/aromatic N) is 1. The summed E-state index contributed by atoms with van der Waals surface area (Å²) in [6, 6.07) is 3.21. The van der Waals surface area contributed by atoms with Crippen LogP contribution in [-0.2, 0) is 9.47 Å². The number of aromatic nitrogens is 1. The molecule has 0 aromatic carbocycles. The van der Waals surface area contributed by atoms with E-state index in [1.807, 2.05) is 6.92 Å². The van der Waals surface area contributed by atoms with Crippen LogP contribution in [-0.4, -0.2) is 36.9 Å². The number of ether oxygens (including phenoxy) is 3. The van der Waals surface area contributed by atoms with Crippen molar-refractivity contribution in [1.82, 2.24) is 4.98 Å². The van der Waals surface area contributed by atoms with Crippen LogP contribution < -0.4 is 4.74 Å². The number of esters is 1. The van der Waals surface area contributed by atoms with E-state index in [9.17, 15) is 4.79 Å². The van der Waals surface area contributed by atoms with Crippen molar-refractivity contribution in [1.29, 1.82) is 0 Å². The summed E-state index contributed by atoms with van der Waals surface area (Å²) < 4.78 is 16.0. The van der Waals surface area contributed by atoms with Gasteiger partial charge in [-0.2, -0.15) is 0 Å². The van der Waals surface area contributed by atoms with Gasteiger partial charge in [-0.05, 0) is 32.3 Å². The Kier molecular flexibility index (Phi) is 5.15. The van der Waals surface area contributed by atoms with Crippen LogP contribution in [0.5, 0.6) is 5.88 Å². The summed E-state index contributed by atoms with van der Waals surface area (Å²) in [5.74, 6) is 0.0726. The van der Waals surface area contributed by atoms with Crippen LogP contribution in [0.2, 0.25) is 0 Å². The van der Waals surface area contributed by atoms with Crippen LogP contribution in [0, 0.1) is 0 Å².